The third-order valence-electron chi connectivity index (χ3n) is 3.25. The minimum Gasteiger partial charge on any atom is -0.396 e. The zero-order valence-electron chi connectivity index (χ0n) is 9.48. The van der Waals surface area contributed by atoms with E-state index in [-0.39, 0.29) is 0 Å². The summed E-state index contributed by atoms with van der Waals surface area (Å²) in [4.78, 5) is 6.76. The van der Waals surface area contributed by atoms with E-state index in [0.717, 1.165) is 11.5 Å². The number of aromatic nitrogens is 1. The number of piperidine rings is 1. The van der Waals surface area contributed by atoms with E-state index in [9.17, 15) is 0 Å². The number of nitrogen functional groups attached to an aromatic ring is 1. The molecular formula is C12H19N3. The number of hydrogen-bond donors (Lipinski definition) is 1. The lowest BCUT2D eigenvalue weighted by Gasteiger charge is -2.40. The second-order valence-corrected chi connectivity index (χ2v) is 4.45. The van der Waals surface area contributed by atoms with Crippen LogP contribution in [0.3, 0.4) is 0 Å². The van der Waals surface area contributed by atoms with Gasteiger partial charge in [0.2, 0.25) is 0 Å². The molecule has 2 rings (SSSR count). The Morgan fingerprint density at radius 2 is 2.00 bits per heavy atom. The standard InChI is InChI=1S/C12H19N3/c1-9-5-3-6-10(2)15(9)12-11(13)7-4-8-14-12/h4,7-10H,3,5-6,13H2,1-2H3/t9-,10-/m1/s1. The Kier molecular flexibility index (Phi) is 2.80. The second kappa shape index (κ2) is 4.09. The Labute approximate surface area is 91.3 Å². The van der Waals surface area contributed by atoms with Crippen molar-refractivity contribution in [2.75, 3.05) is 10.6 Å². The van der Waals surface area contributed by atoms with Gasteiger partial charge in [-0.15, -0.1) is 0 Å². The van der Waals surface area contributed by atoms with Crippen LogP contribution in [0.25, 0.3) is 0 Å². The van der Waals surface area contributed by atoms with Crippen LogP contribution >= 0.6 is 0 Å². The predicted octanol–water partition coefficient (Wildman–Crippen LogP) is 2.43. The minimum atomic E-state index is 0.547. The van der Waals surface area contributed by atoms with Crippen molar-refractivity contribution < 1.29 is 0 Å². The van der Waals surface area contributed by atoms with Crippen molar-refractivity contribution in [2.45, 2.75) is 45.2 Å². The van der Waals surface area contributed by atoms with Crippen LogP contribution in [0.15, 0.2) is 18.3 Å². The van der Waals surface area contributed by atoms with E-state index in [1.807, 2.05) is 18.3 Å². The van der Waals surface area contributed by atoms with E-state index in [0.29, 0.717) is 12.1 Å². The Bertz CT molecular complexity index is 327. The smallest absolute Gasteiger partial charge is 0.152 e. The van der Waals surface area contributed by atoms with Gasteiger partial charge in [0.25, 0.3) is 0 Å². The molecule has 1 aliphatic rings. The van der Waals surface area contributed by atoms with Gasteiger partial charge in [-0.3, -0.25) is 0 Å². The highest BCUT2D eigenvalue weighted by molar-refractivity contribution is 5.63. The fourth-order valence-electron chi connectivity index (χ4n) is 2.46. The maximum atomic E-state index is 5.97. The summed E-state index contributed by atoms with van der Waals surface area (Å²) < 4.78 is 0. The van der Waals surface area contributed by atoms with Crippen LogP contribution in [0, 0.1) is 0 Å². The maximum Gasteiger partial charge on any atom is 0.152 e. The molecular weight excluding hydrogens is 186 g/mol. The van der Waals surface area contributed by atoms with Gasteiger partial charge in [0.1, 0.15) is 0 Å². The fourth-order valence-corrected chi connectivity index (χ4v) is 2.46. The topological polar surface area (TPSA) is 42.2 Å². The quantitative estimate of drug-likeness (QED) is 0.765. The van der Waals surface area contributed by atoms with E-state index < -0.39 is 0 Å². The maximum absolute atomic E-state index is 5.97. The van der Waals surface area contributed by atoms with Crippen molar-refractivity contribution >= 4 is 11.5 Å². The number of nitrogens with two attached hydrogens (primary N) is 1. The fraction of sp³-hybridized carbons (Fsp3) is 0.583. The monoisotopic (exact) mass is 205 g/mol. The summed E-state index contributed by atoms with van der Waals surface area (Å²) in [6.45, 7) is 4.51. The van der Waals surface area contributed by atoms with Crippen LogP contribution in [0.2, 0.25) is 0 Å². The van der Waals surface area contributed by atoms with Crippen LogP contribution in [-0.4, -0.2) is 17.1 Å². The van der Waals surface area contributed by atoms with E-state index in [1.54, 1.807) is 0 Å². The average Bonchev–Trinajstić information content (AvgIpc) is 2.20. The first-order valence-electron chi connectivity index (χ1n) is 5.69. The lowest BCUT2D eigenvalue weighted by molar-refractivity contribution is 0.411. The zero-order chi connectivity index (χ0) is 10.8. The largest absolute Gasteiger partial charge is 0.396 e. The molecule has 0 amide bonds. The minimum absolute atomic E-state index is 0.547. The molecule has 1 aliphatic heterocycles. The Hall–Kier alpha value is -1.25. The normalized spacial score (nSPS) is 26.7. The summed E-state index contributed by atoms with van der Waals surface area (Å²) in [5, 5.41) is 0. The van der Waals surface area contributed by atoms with Crippen LogP contribution in [0.1, 0.15) is 33.1 Å². The SMILES string of the molecule is C[C@@H]1CCC[C@@H](C)N1c1ncccc1N. The molecule has 0 aliphatic carbocycles. The number of rotatable bonds is 1. The molecule has 1 fully saturated rings. The van der Waals surface area contributed by atoms with E-state index in [4.69, 9.17) is 5.73 Å². The molecule has 0 saturated carbocycles. The third kappa shape index (κ3) is 1.91. The molecule has 3 nitrogen and oxygen atoms in total. The molecule has 1 aromatic rings. The van der Waals surface area contributed by atoms with Gasteiger partial charge in [-0.1, -0.05) is 0 Å². The highest BCUT2D eigenvalue weighted by atomic mass is 15.2. The van der Waals surface area contributed by atoms with Gasteiger partial charge in [0, 0.05) is 18.3 Å². The zero-order valence-corrected chi connectivity index (χ0v) is 9.48. The van der Waals surface area contributed by atoms with Crippen LogP contribution < -0.4 is 10.6 Å². The average molecular weight is 205 g/mol. The number of anilines is 2. The summed E-state index contributed by atoms with van der Waals surface area (Å²) >= 11 is 0. The van der Waals surface area contributed by atoms with Gasteiger partial charge < -0.3 is 10.6 Å². The first-order valence-corrected chi connectivity index (χ1v) is 5.69. The lowest BCUT2D eigenvalue weighted by atomic mass is 9.97. The third-order valence-corrected chi connectivity index (χ3v) is 3.25. The molecule has 0 aromatic carbocycles. The van der Waals surface area contributed by atoms with Gasteiger partial charge in [0.15, 0.2) is 5.82 Å². The summed E-state index contributed by atoms with van der Waals surface area (Å²) in [5.74, 6) is 0.956. The summed E-state index contributed by atoms with van der Waals surface area (Å²) in [6.07, 6.45) is 5.60. The van der Waals surface area contributed by atoms with Crippen molar-refractivity contribution in [1.82, 2.24) is 4.98 Å². The highest BCUT2D eigenvalue weighted by Gasteiger charge is 2.26. The molecule has 0 bridgehead atoms. The van der Waals surface area contributed by atoms with E-state index in [2.05, 4.69) is 23.7 Å². The molecule has 15 heavy (non-hydrogen) atoms. The number of pyridine rings is 1. The van der Waals surface area contributed by atoms with Crippen LogP contribution in [0.5, 0.6) is 0 Å². The van der Waals surface area contributed by atoms with Crippen molar-refractivity contribution in [3.05, 3.63) is 18.3 Å². The van der Waals surface area contributed by atoms with Gasteiger partial charge >= 0.3 is 0 Å². The first-order chi connectivity index (χ1) is 7.20. The van der Waals surface area contributed by atoms with Crippen molar-refractivity contribution in [1.29, 1.82) is 0 Å². The van der Waals surface area contributed by atoms with Gasteiger partial charge in [0.05, 0.1) is 5.69 Å². The van der Waals surface area contributed by atoms with Gasteiger partial charge in [-0.05, 0) is 45.2 Å². The molecule has 0 radical (unpaired) electrons. The molecule has 0 spiro atoms. The summed E-state index contributed by atoms with van der Waals surface area (Å²) in [7, 11) is 0. The molecule has 2 N–H and O–H groups in total. The Morgan fingerprint density at radius 3 is 2.60 bits per heavy atom. The Balaban J connectivity index is 2.31. The molecule has 2 atom stereocenters. The number of hydrogen-bond acceptors (Lipinski definition) is 3. The molecule has 1 saturated heterocycles. The van der Waals surface area contributed by atoms with Crippen LogP contribution in [0.4, 0.5) is 11.5 Å². The van der Waals surface area contributed by atoms with Crippen molar-refractivity contribution in [2.24, 2.45) is 0 Å². The van der Waals surface area contributed by atoms with Crippen LogP contribution in [-0.2, 0) is 0 Å². The molecule has 1 aromatic heterocycles. The van der Waals surface area contributed by atoms with E-state index >= 15 is 0 Å². The Morgan fingerprint density at radius 1 is 1.33 bits per heavy atom. The van der Waals surface area contributed by atoms with Crippen molar-refractivity contribution in [3.8, 4) is 0 Å². The first kappa shape index (κ1) is 10.3. The second-order valence-electron chi connectivity index (χ2n) is 4.45. The molecule has 82 valence electrons. The molecule has 2 heterocycles. The lowest BCUT2D eigenvalue weighted by Crippen LogP contribution is -2.44. The van der Waals surface area contributed by atoms with E-state index in [1.165, 1.54) is 19.3 Å². The summed E-state index contributed by atoms with van der Waals surface area (Å²) in [6, 6.07) is 4.91. The number of nitrogens with zero attached hydrogens (tertiary/aromatic N) is 2. The summed E-state index contributed by atoms with van der Waals surface area (Å²) in [5.41, 5.74) is 6.76. The highest BCUT2D eigenvalue weighted by Crippen LogP contribution is 2.30. The predicted molar refractivity (Wildman–Crippen MR) is 63.9 cm³/mol. The molecule has 0 unspecified atom stereocenters. The van der Waals surface area contributed by atoms with Gasteiger partial charge in [-0.25, -0.2) is 4.98 Å². The van der Waals surface area contributed by atoms with Gasteiger partial charge in [-0.2, -0.15) is 0 Å². The van der Waals surface area contributed by atoms with Crippen molar-refractivity contribution in [3.63, 3.8) is 0 Å². The molecule has 3 heteroatoms.